The van der Waals surface area contributed by atoms with Crippen molar-refractivity contribution in [3.8, 4) is 0 Å². The van der Waals surface area contributed by atoms with Crippen molar-refractivity contribution in [2.24, 2.45) is 11.7 Å². The third kappa shape index (κ3) is 3.67. The molecule has 0 heterocycles. The lowest BCUT2D eigenvalue weighted by Gasteiger charge is -2.48. The maximum atomic E-state index is 6.11. The predicted molar refractivity (Wildman–Crippen MR) is 75.2 cm³/mol. The van der Waals surface area contributed by atoms with Crippen LogP contribution >= 0.6 is 0 Å². The Hall–Kier alpha value is -0.120. The van der Waals surface area contributed by atoms with Crippen molar-refractivity contribution in [1.29, 1.82) is 0 Å². The molecule has 0 aromatic carbocycles. The van der Waals surface area contributed by atoms with E-state index in [1.165, 1.54) is 45.2 Å². The summed E-state index contributed by atoms with van der Waals surface area (Å²) in [4.78, 5) is 4.80. The molecule has 0 spiro atoms. The number of rotatable bonds is 6. The van der Waals surface area contributed by atoms with Gasteiger partial charge < -0.3 is 10.6 Å². The minimum absolute atomic E-state index is 0.268. The molecule has 0 bridgehead atoms. The minimum Gasteiger partial charge on any atom is -0.329 e. The van der Waals surface area contributed by atoms with Crippen LogP contribution in [0.1, 0.15) is 39.0 Å². The summed E-state index contributed by atoms with van der Waals surface area (Å²) in [5, 5.41) is 0. The molecule has 3 heteroatoms. The summed E-state index contributed by atoms with van der Waals surface area (Å²) >= 11 is 0. The van der Waals surface area contributed by atoms with Crippen molar-refractivity contribution in [1.82, 2.24) is 9.80 Å². The van der Waals surface area contributed by atoms with E-state index in [-0.39, 0.29) is 5.54 Å². The van der Waals surface area contributed by atoms with Gasteiger partial charge >= 0.3 is 0 Å². The molecule has 102 valence electrons. The molecule has 0 aromatic rings. The van der Waals surface area contributed by atoms with Crippen LogP contribution in [0.5, 0.6) is 0 Å². The standard InChI is InChI=1S/C14H31N3/c1-13-8-5-6-9-14(13,12-15)17(4)11-7-10-16(2)3/h13H,5-12,15H2,1-4H3. The van der Waals surface area contributed by atoms with Gasteiger partial charge in [-0.2, -0.15) is 0 Å². The van der Waals surface area contributed by atoms with Gasteiger partial charge in [0.1, 0.15) is 0 Å². The molecular weight excluding hydrogens is 210 g/mol. The first-order valence-corrected chi connectivity index (χ1v) is 7.09. The second kappa shape index (κ2) is 6.72. The van der Waals surface area contributed by atoms with Gasteiger partial charge in [-0.15, -0.1) is 0 Å². The Balaban J connectivity index is 2.52. The van der Waals surface area contributed by atoms with E-state index in [1.54, 1.807) is 0 Å². The molecule has 2 unspecified atom stereocenters. The molecule has 0 saturated heterocycles. The van der Waals surface area contributed by atoms with E-state index in [0.29, 0.717) is 0 Å². The van der Waals surface area contributed by atoms with Crippen molar-refractivity contribution in [2.75, 3.05) is 40.8 Å². The number of hydrogen-bond acceptors (Lipinski definition) is 3. The number of nitrogens with zero attached hydrogens (tertiary/aromatic N) is 2. The van der Waals surface area contributed by atoms with Crippen molar-refractivity contribution >= 4 is 0 Å². The maximum absolute atomic E-state index is 6.11. The van der Waals surface area contributed by atoms with Gasteiger partial charge in [0.2, 0.25) is 0 Å². The molecule has 17 heavy (non-hydrogen) atoms. The van der Waals surface area contributed by atoms with Crippen LogP contribution in [-0.2, 0) is 0 Å². The first kappa shape index (κ1) is 14.9. The Kier molecular flexibility index (Phi) is 5.90. The molecule has 1 aliphatic rings. The van der Waals surface area contributed by atoms with Gasteiger partial charge in [0, 0.05) is 12.1 Å². The van der Waals surface area contributed by atoms with Crippen LogP contribution in [0.4, 0.5) is 0 Å². The Morgan fingerprint density at radius 1 is 1.18 bits per heavy atom. The van der Waals surface area contributed by atoms with Gasteiger partial charge in [-0.3, -0.25) is 4.90 Å². The van der Waals surface area contributed by atoms with Gasteiger partial charge in [-0.05, 0) is 59.4 Å². The number of nitrogens with two attached hydrogens (primary N) is 1. The Morgan fingerprint density at radius 3 is 2.41 bits per heavy atom. The number of likely N-dealkylation sites (N-methyl/N-ethyl adjacent to an activating group) is 1. The Morgan fingerprint density at radius 2 is 1.88 bits per heavy atom. The van der Waals surface area contributed by atoms with Crippen molar-refractivity contribution in [3.63, 3.8) is 0 Å². The molecule has 1 aliphatic carbocycles. The smallest absolute Gasteiger partial charge is 0.0354 e. The SMILES string of the molecule is CC1CCCCC1(CN)N(C)CCCN(C)C. The van der Waals surface area contributed by atoms with E-state index in [4.69, 9.17) is 5.73 Å². The van der Waals surface area contributed by atoms with Crippen molar-refractivity contribution in [2.45, 2.75) is 44.6 Å². The fraction of sp³-hybridized carbons (Fsp3) is 1.00. The van der Waals surface area contributed by atoms with E-state index in [0.717, 1.165) is 12.5 Å². The highest BCUT2D eigenvalue weighted by atomic mass is 15.2. The van der Waals surface area contributed by atoms with Gasteiger partial charge in [0.25, 0.3) is 0 Å². The van der Waals surface area contributed by atoms with Crippen LogP contribution in [0.3, 0.4) is 0 Å². The van der Waals surface area contributed by atoms with Gasteiger partial charge in [-0.25, -0.2) is 0 Å². The largest absolute Gasteiger partial charge is 0.329 e. The topological polar surface area (TPSA) is 32.5 Å². The fourth-order valence-corrected chi connectivity index (χ4v) is 3.27. The molecule has 1 rings (SSSR count). The van der Waals surface area contributed by atoms with Crippen LogP contribution in [-0.4, -0.2) is 56.1 Å². The lowest BCUT2D eigenvalue weighted by atomic mass is 9.72. The van der Waals surface area contributed by atoms with Gasteiger partial charge in [-0.1, -0.05) is 19.8 Å². The van der Waals surface area contributed by atoms with Gasteiger partial charge in [0.15, 0.2) is 0 Å². The maximum Gasteiger partial charge on any atom is 0.0354 e. The average molecular weight is 241 g/mol. The Bertz CT molecular complexity index is 218. The summed E-state index contributed by atoms with van der Waals surface area (Å²) in [5.41, 5.74) is 6.38. The minimum atomic E-state index is 0.268. The Labute approximate surface area is 107 Å². The predicted octanol–water partition coefficient (Wildman–Crippen LogP) is 1.78. The second-order valence-corrected chi connectivity index (χ2v) is 6.03. The van der Waals surface area contributed by atoms with Crippen LogP contribution in [0.25, 0.3) is 0 Å². The quantitative estimate of drug-likeness (QED) is 0.769. The lowest BCUT2D eigenvalue weighted by molar-refractivity contribution is 0.0319. The molecule has 0 aromatic heterocycles. The molecule has 1 saturated carbocycles. The van der Waals surface area contributed by atoms with Crippen molar-refractivity contribution in [3.05, 3.63) is 0 Å². The molecule has 2 atom stereocenters. The van der Waals surface area contributed by atoms with Crippen LogP contribution < -0.4 is 5.73 Å². The van der Waals surface area contributed by atoms with E-state index in [1.807, 2.05) is 0 Å². The fourth-order valence-electron chi connectivity index (χ4n) is 3.27. The summed E-state index contributed by atoms with van der Waals surface area (Å²) in [5.74, 6) is 0.741. The van der Waals surface area contributed by atoms with Crippen LogP contribution in [0.2, 0.25) is 0 Å². The first-order chi connectivity index (χ1) is 8.03. The second-order valence-electron chi connectivity index (χ2n) is 6.03. The highest BCUT2D eigenvalue weighted by Gasteiger charge is 2.39. The zero-order valence-corrected chi connectivity index (χ0v) is 12.2. The summed E-state index contributed by atoms with van der Waals surface area (Å²) in [6.07, 6.45) is 6.59. The summed E-state index contributed by atoms with van der Waals surface area (Å²) in [7, 11) is 6.55. The zero-order valence-electron chi connectivity index (χ0n) is 12.2. The molecule has 0 amide bonds. The van der Waals surface area contributed by atoms with Crippen LogP contribution in [0, 0.1) is 5.92 Å². The molecule has 0 radical (unpaired) electrons. The number of hydrogen-bond donors (Lipinski definition) is 1. The molecular formula is C14H31N3. The molecule has 3 nitrogen and oxygen atoms in total. The van der Waals surface area contributed by atoms with Gasteiger partial charge in [0.05, 0.1) is 0 Å². The van der Waals surface area contributed by atoms with E-state index in [9.17, 15) is 0 Å². The van der Waals surface area contributed by atoms with E-state index in [2.05, 4.69) is 37.9 Å². The highest BCUT2D eigenvalue weighted by molar-refractivity contribution is 4.97. The molecule has 1 fully saturated rings. The van der Waals surface area contributed by atoms with E-state index >= 15 is 0 Å². The van der Waals surface area contributed by atoms with Crippen molar-refractivity contribution < 1.29 is 0 Å². The summed E-state index contributed by atoms with van der Waals surface area (Å²) < 4.78 is 0. The highest BCUT2D eigenvalue weighted by Crippen LogP contribution is 2.37. The lowest BCUT2D eigenvalue weighted by Crippen LogP contribution is -2.58. The van der Waals surface area contributed by atoms with E-state index < -0.39 is 0 Å². The summed E-state index contributed by atoms with van der Waals surface area (Å²) in [6, 6.07) is 0. The monoisotopic (exact) mass is 241 g/mol. The summed E-state index contributed by atoms with van der Waals surface area (Å²) in [6.45, 7) is 5.53. The normalized spacial score (nSPS) is 30.2. The third-order valence-corrected chi connectivity index (χ3v) is 4.63. The first-order valence-electron chi connectivity index (χ1n) is 7.09. The third-order valence-electron chi connectivity index (χ3n) is 4.63. The van der Waals surface area contributed by atoms with Crippen LogP contribution in [0.15, 0.2) is 0 Å². The molecule has 2 N–H and O–H groups in total. The average Bonchev–Trinajstić information content (AvgIpc) is 2.29. The molecule has 0 aliphatic heterocycles. The zero-order chi connectivity index (χ0) is 12.9.